The van der Waals surface area contributed by atoms with E-state index in [9.17, 15) is 0 Å². The zero-order chi connectivity index (χ0) is 9.10. The first kappa shape index (κ1) is 7.72. The summed E-state index contributed by atoms with van der Waals surface area (Å²) in [4.78, 5) is 7.98. The maximum atomic E-state index is 5.60. The van der Waals surface area contributed by atoms with Gasteiger partial charge in [0.05, 0.1) is 12.2 Å². The van der Waals surface area contributed by atoms with Crippen molar-refractivity contribution in [1.82, 2.24) is 19.7 Å². The Bertz CT molecular complexity index is 381. The number of rotatable bonds is 2. The van der Waals surface area contributed by atoms with Crippen molar-refractivity contribution in [1.29, 1.82) is 0 Å². The van der Waals surface area contributed by atoms with Crippen LogP contribution in [0.2, 0.25) is 0 Å². The summed E-state index contributed by atoms with van der Waals surface area (Å²) >= 11 is 0. The standard InChI is InChI=1S/C8H9N5/c9-7-1-2-11-8(3-7)4-13-6-10-5-12-13/h1-3,5-6H,4H2,(H2,9,11). The fourth-order valence-corrected chi connectivity index (χ4v) is 1.06. The Kier molecular flexibility index (Phi) is 1.91. The summed E-state index contributed by atoms with van der Waals surface area (Å²) in [5.41, 5.74) is 7.20. The van der Waals surface area contributed by atoms with E-state index in [0.29, 0.717) is 12.2 Å². The molecule has 0 radical (unpaired) electrons. The molecule has 66 valence electrons. The molecule has 0 unspecified atom stereocenters. The van der Waals surface area contributed by atoms with Crippen LogP contribution >= 0.6 is 0 Å². The third kappa shape index (κ3) is 1.81. The summed E-state index contributed by atoms with van der Waals surface area (Å²) < 4.78 is 1.70. The SMILES string of the molecule is Nc1ccnc(Cn2cncn2)c1. The van der Waals surface area contributed by atoms with Gasteiger partial charge in [-0.2, -0.15) is 5.10 Å². The number of nitrogens with two attached hydrogens (primary N) is 1. The number of hydrogen-bond acceptors (Lipinski definition) is 4. The lowest BCUT2D eigenvalue weighted by Crippen LogP contribution is -2.02. The van der Waals surface area contributed by atoms with Gasteiger partial charge < -0.3 is 5.73 Å². The van der Waals surface area contributed by atoms with Crippen molar-refractivity contribution in [2.75, 3.05) is 5.73 Å². The minimum absolute atomic E-state index is 0.602. The molecule has 0 aliphatic rings. The highest BCUT2D eigenvalue weighted by molar-refractivity contribution is 5.37. The summed E-state index contributed by atoms with van der Waals surface area (Å²) in [7, 11) is 0. The lowest BCUT2D eigenvalue weighted by Gasteiger charge is -2.00. The molecule has 0 atom stereocenters. The zero-order valence-electron chi connectivity index (χ0n) is 6.96. The third-order valence-electron chi connectivity index (χ3n) is 1.63. The van der Waals surface area contributed by atoms with Gasteiger partial charge in [-0.25, -0.2) is 9.67 Å². The molecular formula is C8H9N5. The molecule has 0 saturated heterocycles. The molecule has 2 heterocycles. The first-order chi connectivity index (χ1) is 6.34. The van der Waals surface area contributed by atoms with Gasteiger partial charge in [0.2, 0.25) is 0 Å². The van der Waals surface area contributed by atoms with Crippen LogP contribution in [0.1, 0.15) is 5.69 Å². The van der Waals surface area contributed by atoms with Crippen molar-refractivity contribution in [3.8, 4) is 0 Å². The second kappa shape index (κ2) is 3.22. The normalized spacial score (nSPS) is 10.2. The fraction of sp³-hybridized carbons (Fsp3) is 0.125. The topological polar surface area (TPSA) is 69.6 Å². The number of pyridine rings is 1. The molecule has 5 heteroatoms. The van der Waals surface area contributed by atoms with Crippen molar-refractivity contribution in [3.05, 3.63) is 36.7 Å². The molecule has 0 aromatic carbocycles. The second-order valence-electron chi connectivity index (χ2n) is 2.67. The van der Waals surface area contributed by atoms with E-state index < -0.39 is 0 Å². The highest BCUT2D eigenvalue weighted by atomic mass is 15.3. The molecule has 5 nitrogen and oxygen atoms in total. The van der Waals surface area contributed by atoms with E-state index in [0.717, 1.165) is 5.69 Å². The molecule has 13 heavy (non-hydrogen) atoms. The van der Waals surface area contributed by atoms with E-state index in [4.69, 9.17) is 5.73 Å². The van der Waals surface area contributed by atoms with Gasteiger partial charge in [-0.05, 0) is 12.1 Å². The predicted octanol–water partition coefficient (Wildman–Crippen LogP) is 0.304. The largest absolute Gasteiger partial charge is 0.399 e. The quantitative estimate of drug-likeness (QED) is 0.712. The number of aromatic nitrogens is 4. The lowest BCUT2D eigenvalue weighted by atomic mass is 10.3. The summed E-state index contributed by atoms with van der Waals surface area (Å²) in [6, 6.07) is 3.58. The number of hydrogen-bond donors (Lipinski definition) is 1. The highest BCUT2D eigenvalue weighted by Gasteiger charge is 1.96. The van der Waals surface area contributed by atoms with E-state index >= 15 is 0 Å². The van der Waals surface area contributed by atoms with Crippen LogP contribution in [-0.4, -0.2) is 19.7 Å². The van der Waals surface area contributed by atoms with Crippen molar-refractivity contribution in [2.24, 2.45) is 0 Å². The molecule has 0 bridgehead atoms. The van der Waals surface area contributed by atoms with Crippen LogP contribution in [0.3, 0.4) is 0 Å². The van der Waals surface area contributed by atoms with Crippen LogP contribution in [0, 0.1) is 0 Å². The van der Waals surface area contributed by atoms with Gasteiger partial charge in [0.1, 0.15) is 12.7 Å². The Morgan fingerprint density at radius 1 is 1.46 bits per heavy atom. The van der Waals surface area contributed by atoms with Gasteiger partial charge in [-0.15, -0.1) is 0 Å². The van der Waals surface area contributed by atoms with Gasteiger partial charge >= 0.3 is 0 Å². The van der Waals surface area contributed by atoms with Gasteiger partial charge in [0.15, 0.2) is 0 Å². The van der Waals surface area contributed by atoms with Gasteiger partial charge in [0.25, 0.3) is 0 Å². The minimum Gasteiger partial charge on any atom is -0.399 e. The Morgan fingerprint density at radius 2 is 2.38 bits per heavy atom. The molecule has 0 saturated carbocycles. The van der Waals surface area contributed by atoms with Crippen LogP contribution in [0.15, 0.2) is 31.0 Å². The molecule has 0 aliphatic heterocycles. The van der Waals surface area contributed by atoms with Crippen molar-refractivity contribution >= 4 is 5.69 Å². The highest BCUT2D eigenvalue weighted by Crippen LogP contribution is 2.03. The Labute approximate surface area is 75.2 Å². The smallest absolute Gasteiger partial charge is 0.137 e. The van der Waals surface area contributed by atoms with Crippen LogP contribution in [0.4, 0.5) is 5.69 Å². The Hall–Kier alpha value is -1.91. The molecule has 0 fully saturated rings. The van der Waals surface area contributed by atoms with E-state index in [1.165, 1.54) is 6.33 Å². The van der Waals surface area contributed by atoms with Gasteiger partial charge in [-0.3, -0.25) is 4.98 Å². The van der Waals surface area contributed by atoms with Crippen molar-refractivity contribution in [2.45, 2.75) is 6.54 Å². The van der Waals surface area contributed by atoms with Crippen LogP contribution in [0.5, 0.6) is 0 Å². The molecular weight excluding hydrogens is 166 g/mol. The minimum atomic E-state index is 0.602. The van der Waals surface area contributed by atoms with Crippen molar-refractivity contribution < 1.29 is 0 Å². The molecule has 2 rings (SSSR count). The monoisotopic (exact) mass is 175 g/mol. The number of anilines is 1. The summed E-state index contributed by atoms with van der Waals surface area (Å²) in [6.07, 6.45) is 4.82. The van der Waals surface area contributed by atoms with E-state index in [-0.39, 0.29) is 0 Å². The number of nitrogen functional groups attached to an aromatic ring is 1. The average Bonchev–Trinajstić information content (AvgIpc) is 2.57. The number of nitrogens with zero attached hydrogens (tertiary/aromatic N) is 4. The summed E-state index contributed by atoms with van der Waals surface area (Å²) in [6.45, 7) is 0.602. The average molecular weight is 175 g/mol. The molecule has 2 N–H and O–H groups in total. The summed E-state index contributed by atoms with van der Waals surface area (Å²) in [5, 5.41) is 3.97. The van der Waals surface area contributed by atoms with Gasteiger partial charge in [0, 0.05) is 11.9 Å². The van der Waals surface area contributed by atoms with E-state index in [1.54, 1.807) is 23.3 Å². The van der Waals surface area contributed by atoms with Gasteiger partial charge in [-0.1, -0.05) is 0 Å². The third-order valence-corrected chi connectivity index (χ3v) is 1.63. The molecule has 2 aromatic heterocycles. The van der Waals surface area contributed by atoms with Crippen LogP contribution < -0.4 is 5.73 Å². The van der Waals surface area contributed by atoms with Crippen LogP contribution in [-0.2, 0) is 6.54 Å². The first-order valence-electron chi connectivity index (χ1n) is 3.87. The fourth-order valence-electron chi connectivity index (χ4n) is 1.06. The molecule has 2 aromatic rings. The first-order valence-corrected chi connectivity index (χ1v) is 3.87. The zero-order valence-corrected chi connectivity index (χ0v) is 6.96. The lowest BCUT2D eigenvalue weighted by molar-refractivity contribution is 0.671. The van der Waals surface area contributed by atoms with E-state index in [2.05, 4.69) is 15.1 Å². The summed E-state index contributed by atoms with van der Waals surface area (Å²) in [5.74, 6) is 0. The maximum absolute atomic E-state index is 5.60. The van der Waals surface area contributed by atoms with E-state index in [1.807, 2.05) is 6.07 Å². The van der Waals surface area contributed by atoms with Crippen molar-refractivity contribution in [3.63, 3.8) is 0 Å². The Morgan fingerprint density at radius 3 is 3.08 bits per heavy atom. The predicted molar refractivity (Wildman–Crippen MR) is 47.8 cm³/mol. The second-order valence-corrected chi connectivity index (χ2v) is 2.67. The molecule has 0 amide bonds. The van der Waals surface area contributed by atoms with Crippen LogP contribution in [0.25, 0.3) is 0 Å². The molecule has 0 spiro atoms. The Balaban J connectivity index is 2.19. The molecule has 0 aliphatic carbocycles. The maximum Gasteiger partial charge on any atom is 0.137 e.